The lowest BCUT2D eigenvalue weighted by Crippen LogP contribution is -1.91. The third kappa shape index (κ3) is 2.46. The predicted molar refractivity (Wildman–Crippen MR) is 69.8 cm³/mol. The highest BCUT2D eigenvalue weighted by molar-refractivity contribution is 7.80. The largest absolute Gasteiger partial charge is 0.380 e. The Hall–Kier alpha value is -1.25. The summed E-state index contributed by atoms with van der Waals surface area (Å²) in [5.74, 6) is 0. The van der Waals surface area contributed by atoms with Crippen molar-refractivity contribution < 1.29 is 4.74 Å². The van der Waals surface area contributed by atoms with Gasteiger partial charge in [-0.05, 0) is 28.8 Å². The molecular weight excluding hydrogens is 216 g/mol. The summed E-state index contributed by atoms with van der Waals surface area (Å²) in [7, 11) is 1.72. The van der Waals surface area contributed by atoms with Crippen LogP contribution in [0.2, 0.25) is 0 Å². The van der Waals surface area contributed by atoms with Gasteiger partial charge in [0.25, 0.3) is 0 Å². The molecule has 0 saturated heterocycles. The minimum atomic E-state index is 0.638. The van der Waals surface area contributed by atoms with Gasteiger partial charge >= 0.3 is 0 Å². The van der Waals surface area contributed by atoms with Crippen LogP contribution in [0.1, 0.15) is 5.56 Å². The first-order valence-electron chi connectivity index (χ1n) is 5.17. The molecule has 2 aromatic rings. The minimum absolute atomic E-state index is 0.638. The zero-order valence-corrected chi connectivity index (χ0v) is 10.1. The molecule has 2 aromatic carbocycles. The van der Waals surface area contributed by atoms with Gasteiger partial charge in [-0.25, -0.2) is 0 Å². The second kappa shape index (κ2) is 5.19. The van der Waals surface area contributed by atoms with Gasteiger partial charge in [-0.3, -0.25) is 0 Å². The van der Waals surface area contributed by atoms with E-state index in [9.17, 15) is 0 Å². The smallest absolute Gasteiger partial charge is 0.0719 e. The van der Waals surface area contributed by atoms with Crippen LogP contribution >= 0.6 is 12.6 Å². The third-order valence-corrected chi connectivity index (χ3v) is 2.79. The van der Waals surface area contributed by atoms with E-state index >= 15 is 0 Å². The van der Waals surface area contributed by atoms with Crippen molar-refractivity contribution in [1.29, 1.82) is 0 Å². The highest BCUT2D eigenvalue weighted by atomic mass is 32.1. The van der Waals surface area contributed by atoms with Crippen LogP contribution in [0.25, 0.3) is 11.1 Å². The van der Waals surface area contributed by atoms with Crippen LogP contribution < -0.4 is 0 Å². The van der Waals surface area contributed by atoms with E-state index < -0.39 is 0 Å². The Morgan fingerprint density at radius 1 is 1.00 bits per heavy atom. The summed E-state index contributed by atoms with van der Waals surface area (Å²) in [5, 5.41) is 0. The van der Waals surface area contributed by atoms with Crippen LogP contribution in [0, 0.1) is 0 Å². The Morgan fingerprint density at radius 3 is 2.38 bits per heavy atom. The van der Waals surface area contributed by atoms with Gasteiger partial charge in [0.15, 0.2) is 0 Å². The molecule has 0 unspecified atom stereocenters. The number of rotatable bonds is 3. The van der Waals surface area contributed by atoms with E-state index in [4.69, 9.17) is 4.74 Å². The first-order valence-corrected chi connectivity index (χ1v) is 5.62. The quantitative estimate of drug-likeness (QED) is 0.789. The molecule has 2 rings (SSSR count). The summed E-state index contributed by atoms with van der Waals surface area (Å²) in [4.78, 5) is 0.980. The molecule has 1 nitrogen and oxygen atoms in total. The maximum Gasteiger partial charge on any atom is 0.0719 e. The molecule has 0 atom stereocenters. The molecule has 0 heterocycles. The van der Waals surface area contributed by atoms with Gasteiger partial charge in [0.2, 0.25) is 0 Å². The molecule has 0 saturated carbocycles. The maximum absolute atomic E-state index is 5.20. The Kier molecular flexibility index (Phi) is 3.65. The SMILES string of the molecule is COCc1ccccc1-c1ccc(S)cc1. The summed E-state index contributed by atoms with van der Waals surface area (Å²) in [5.41, 5.74) is 3.63. The van der Waals surface area contributed by atoms with Crippen LogP contribution in [-0.2, 0) is 11.3 Å². The fourth-order valence-corrected chi connectivity index (χ4v) is 1.87. The predicted octanol–water partition coefficient (Wildman–Crippen LogP) is 3.79. The van der Waals surface area contributed by atoms with Crippen LogP contribution in [-0.4, -0.2) is 7.11 Å². The lowest BCUT2D eigenvalue weighted by Gasteiger charge is -2.08. The summed E-state index contributed by atoms with van der Waals surface area (Å²) in [6, 6.07) is 16.4. The molecule has 82 valence electrons. The van der Waals surface area contributed by atoms with Crippen LogP contribution in [0.5, 0.6) is 0 Å². The Labute approximate surface area is 101 Å². The van der Waals surface area contributed by atoms with E-state index in [1.165, 1.54) is 16.7 Å². The molecular formula is C14H14OS. The molecule has 2 heteroatoms. The lowest BCUT2D eigenvalue weighted by atomic mass is 10.0. The summed E-state index contributed by atoms with van der Waals surface area (Å²) < 4.78 is 5.20. The van der Waals surface area contributed by atoms with Gasteiger partial charge < -0.3 is 4.74 Å². The molecule has 0 aliphatic rings. The van der Waals surface area contributed by atoms with Crippen molar-refractivity contribution in [1.82, 2.24) is 0 Å². The van der Waals surface area contributed by atoms with Crippen molar-refractivity contribution in [2.24, 2.45) is 0 Å². The highest BCUT2D eigenvalue weighted by Crippen LogP contribution is 2.25. The molecule has 0 amide bonds. The molecule has 0 aliphatic carbocycles. The van der Waals surface area contributed by atoms with Crippen LogP contribution in [0.15, 0.2) is 53.4 Å². The van der Waals surface area contributed by atoms with Gasteiger partial charge in [-0.2, -0.15) is 0 Å². The molecule has 16 heavy (non-hydrogen) atoms. The van der Waals surface area contributed by atoms with Gasteiger partial charge in [-0.1, -0.05) is 36.4 Å². The molecule has 0 fully saturated rings. The zero-order chi connectivity index (χ0) is 11.4. The normalized spacial score (nSPS) is 10.4. The van der Waals surface area contributed by atoms with Crippen LogP contribution in [0.4, 0.5) is 0 Å². The number of hydrogen-bond donors (Lipinski definition) is 1. The number of ether oxygens (including phenoxy) is 1. The molecule has 0 aromatic heterocycles. The van der Waals surface area contributed by atoms with Crippen molar-refractivity contribution in [3.63, 3.8) is 0 Å². The van der Waals surface area contributed by atoms with Crippen molar-refractivity contribution in [2.75, 3.05) is 7.11 Å². The van der Waals surface area contributed by atoms with E-state index in [2.05, 4.69) is 36.9 Å². The third-order valence-electron chi connectivity index (χ3n) is 2.50. The summed E-state index contributed by atoms with van der Waals surface area (Å²) >= 11 is 4.29. The average molecular weight is 230 g/mol. The fourth-order valence-electron chi connectivity index (χ4n) is 1.72. The second-order valence-electron chi connectivity index (χ2n) is 3.64. The topological polar surface area (TPSA) is 9.23 Å². The van der Waals surface area contributed by atoms with Gasteiger partial charge in [0.1, 0.15) is 0 Å². The van der Waals surface area contributed by atoms with Crippen LogP contribution in [0.3, 0.4) is 0 Å². The lowest BCUT2D eigenvalue weighted by molar-refractivity contribution is 0.185. The first-order chi connectivity index (χ1) is 7.81. The molecule has 0 bridgehead atoms. The molecule has 0 N–H and O–H groups in total. The standard InChI is InChI=1S/C14H14OS/c1-15-10-12-4-2-3-5-14(12)11-6-8-13(16)9-7-11/h2-9,16H,10H2,1H3. The van der Waals surface area contributed by atoms with E-state index in [1.54, 1.807) is 7.11 Å². The maximum atomic E-state index is 5.20. The summed E-state index contributed by atoms with van der Waals surface area (Å²) in [6.45, 7) is 0.638. The number of hydrogen-bond acceptors (Lipinski definition) is 2. The molecule has 0 spiro atoms. The van der Waals surface area contributed by atoms with E-state index in [0.717, 1.165) is 4.90 Å². The highest BCUT2D eigenvalue weighted by Gasteiger charge is 2.03. The Bertz CT molecular complexity index is 462. The zero-order valence-electron chi connectivity index (χ0n) is 9.18. The average Bonchev–Trinajstić information content (AvgIpc) is 2.32. The van der Waals surface area contributed by atoms with Crippen molar-refractivity contribution in [3.05, 3.63) is 54.1 Å². The number of benzene rings is 2. The Morgan fingerprint density at radius 2 is 1.69 bits per heavy atom. The van der Waals surface area contributed by atoms with E-state index in [-0.39, 0.29) is 0 Å². The number of thiol groups is 1. The second-order valence-corrected chi connectivity index (χ2v) is 4.15. The van der Waals surface area contributed by atoms with Crippen molar-refractivity contribution in [2.45, 2.75) is 11.5 Å². The first kappa shape index (κ1) is 11.2. The minimum Gasteiger partial charge on any atom is -0.380 e. The van der Waals surface area contributed by atoms with E-state index in [1.807, 2.05) is 24.3 Å². The van der Waals surface area contributed by atoms with Gasteiger partial charge in [0.05, 0.1) is 6.61 Å². The fraction of sp³-hybridized carbons (Fsp3) is 0.143. The van der Waals surface area contributed by atoms with Crippen molar-refractivity contribution in [3.8, 4) is 11.1 Å². The van der Waals surface area contributed by atoms with E-state index in [0.29, 0.717) is 6.61 Å². The molecule has 0 aliphatic heterocycles. The Balaban J connectivity index is 2.42. The number of methoxy groups -OCH3 is 1. The van der Waals surface area contributed by atoms with Crippen molar-refractivity contribution >= 4 is 12.6 Å². The monoisotopic (exact) mass is 230 g/mol. The molecule has 0 radical (unpaired) electrons. The van der Waals surface area contributed by atoms with Gasteiger partial charge in [-0.15, -0.1) is 12.6 Å². The van der Waals surface area contributed by atoms with Gasteiger partial charge in [0, 0.05) is 12.0 Å². The summed E-state index contributed by atoms with van der Waals surface area (Å²) in [6.07, 6.45) is 0.